The van der Waals surface area contributed by atoms with Crippen molar-refractivity contribution in [2.75, 3.05) is 53.2 Å². The fourth-order valence-corrected chi connectivity index (χ4v) is 9.13. The second kappa shape index (κ2) is 17.4. The van der Waals surface area contributed by atoms with Crippen LogP contribution in [0.2, 0.25) is 0 Å². The Bertz CT molecular complexity index is 1680. The molecule has 0 radical (unpaired) electrons. The Morgan fingerprint density at radius 3 is 2.54 bits per heavy atom. The first kappa shape index (κ1) is 38.5. The van der Waals surface area contributed by atoms with Crippen LogP contribution in [0.25, 0.3) is 0 Å². The molecule has 2 aliphatic heterocycles. The van der Waals surface area contributed by atoms with E-state index in [0.29, 0.717) is 31.6 Å². The highest BCUT2D eigenvalue weighted by Crippen LogP contribution is 2.62. The number of ether oxygens (including phenoxy) is 3. The molecule has 3 fully saturated rings. The maximum Gasteiger partial charge on any atom is 0.239 e. The molecule has 2 saturated carbocycles. The SMILES string of the molecule is C=CCOC12Oc3ccc(OCCN4CC4)cc3C3C(CCCCO)C(CCCCO)C=C(C(=NOC)CC1N(Cc1ccc(F)cc1)C(=O)C1CC1)C32. The summed E-state index contributed by atoms with van der Waals surface area (Å²) in [7, 11) is 1.55. The van der Waals surface area contributed by atoms with Crippen molar-refractivity contribution in [3.05, 3.63) is 83.7 Å². The van der Waals surface area contributed by atoms with Crippen LogP contribution in [0.15, 0.2) is 71.9 Å². The number of oxime groups is 1. The number of amides is 1. The molecule has 7 rings (SSSR count). The first-order valence-corrected chi connectivity index (χ1v) is 19.9. The molecular formula is C43H56FN3O7. The van der Waals surface area contributed by atoms with Crippen molar-refractivity contribution in [1.82, 2.24) is 9.80 Å². The van der Waals surface area contributed by atoms with Gasteiger partial charge in [0.2, 0.25) is 11.7 Å². The van der Waals surface area contributed by atoms with Crippen LogP contribution in [-0.4, -0.2) is 96.6 Å². The molecule has 6 atom stereocenters. The summed E-state index contributed by atoms with van der Waals surface area (Å²) in [6.45, 7) is 8.38. The van der Waals surface area contributed by atoms with Gasteiger partial charge in [0.25, 0.3) is 0 Å². The topological polar surface area (TPSA) is 113 Å². The second-order valence-electron chi connectivity index (χ2n) is 15.5. The van der Waals surface area contributed by atoms with Crippen LogP contribution in [0.4, 0.5) is 4.39 Å². The molecule has 54 heavy (non-hydrogen) atoms. The van der Waals surface area contributed by atoms with Crippen molar-refractivity contribution in [3.63, 3.8) is 0 Å². The normalized spacial score (nSPS) is 27.7. The van der Waals surface area contributed by atoms with Crippen LogP contribution >= 0.6 is 0 Å². The Kier molecular flexibility index (Phi) is 12.4. The molecule has 5 aliphatic rings. The molecule has 2 N–H and O–H groups in total. The molecule has 2 aromatic carbocycles. The lowest BCUT2D eigenvalue weighted by Crippen LogP contribution is -2.70. The van der Waals surface area contributed by atoms with E-state index >= 15 is 0 Å². The number of rotatable bonds is 20. The summed E-state index contributed by atoms with van der Waals surface area (Å²) in [4.78, 5) is 24.3. The molecule has 0 bridgehead atoms. The number of benzene rings is 2. The average Bonchev–Trinajstić information content (AvgIpc) is 4.12. The lowest BCUT2D eigenvalue weighted by molar-refractivity contribution is -0.258. The molecule has 11 heteroatoms. The van der Waals surface area contributed by atoms with Gasteiger partial charge in [-0.1, -0.05) is 42.3 Å². The van der Waals surface area contributed by atoms with E-state index in [0.717, 1.165) is 86.3 Å². The minimum atomic E-state index is -1.33. The van der Waals surface area contributed by atoms with Gasteiger partial charge >= 0.3 is 0 Å². The number of hydrogen-bond acceptors (Lipinski definition) is 9. The number of carbonyl (C=O) groups excluding carboxylic acids is 1. The third kappa shape index (κ3) is 8.25. The Hall–Kier alpha value is -3.77. The molecular weight excluding hydrogens is 689 g/mol. The van der Waals surface area contributed by atoms with E-state index in [1.807, 2.05) is 17.0 Å². The second-order valence-corrected chi connectivity index (χ2v) is 15.5. The number of carbonyl (C=O) groups is 1. The van der Waals surface area contributed by atoms with Crippen LogP contribution in [-0.2, 0) is 20.9 Å². The van der Waals surface area contributed by atoms with Crippen LogP contribution in [0.5, 0.6) is 11.5 Å². The van der Waals surface area contributed by atoms with Crippen LogP contribution < -0.4 is 9.47 Å². The zero-order valence-corrected chi connectivity index (χ0v) is 31.5. The Morgan fingerprint density at radius 1 is 1.09 bits per heavy atom. The molecule has 2 heterocycles. The van der Waals surface area contributed by atoms with E-state index in [1.54, 1.807) is 25.3 Å². The van der Waals surface area contributed by atoms with Crippen LogP contribution in [0.1, 0.15) is 74.8 Å². The van der Waals surface area contributed by atoms with Gasteiger partial charge in [-0.05, 0) is 91.8 Å². The highest BCUT2D eigenvalue weighted by molar-refractivity contribution is 6.03. The number of aliphatic hydroxyl groups excluding tert-OH is 2. The smallest absolute Gasteiger partial charge is 0.239 e. The summed E-state index contributed by atoms with van der Waals surface area (Å²) in [6.07, 6.45) is 10.8. The van der Waals surface area contributed by atoms with Gasteiger partial charge in [-0.25, -0.2) is 4.39 Å². The van der Waals surface area contributed by atoms with E-state index in [2.05, 4.69) is 28.8 Å². The predicted molar refractivity (Wildman–Crippen MR) is 204 cm³/mol. The number of allylic oxidation sites excluding steroid dienone is 1. The molecule has 2 aromatic rings. The highest BCUT2D eigenvalue weighted by Gasteiger charge is 2.66. The van der Waals surface area contributed by atoms with Crippen molar-refractivity contribution < 1.29 is 38.4 Å². The summed E-state index contributed by atoms with van der Waals surface area (Å²) in [5.41, 5.74) is 3.59. The standard InChI is InChI=1S/C43H56FN3O7/c1-3-23-53-43-39(47(42(50)30-12-13-30)28-29-10-14-32(44)15-11-29)27-37(45-51-2)35-25-31(8-4-6-21-48)34(9-5-7-22-49)40(41(35)43)36-26-33(16-17-38(36)54-43)52-24-20-46-18-19-46/h3,10-11,14-17,25-26,30-31,34,39-41,48-49H,1,4-9,12-13,18-24,27-28H2,2H3. The molecule has 292 valence electrons. The molecule has 3 aliphatic carbocycles. The Labute approximate surface area is 318 Å². The maximum absolute atomic E-state index is 14.5. The number of hydrogen-bond donors (Lipinski definition) is 2. The quantitative estimate of drug-likeness (QED) is 0.0712. The van der Waals surface area contributed by atoms with Crippen molar-refractivity contribution in [3.8, 4) is 11.5 Å². The van der Waals surface area contributed by atoms with Crippen molar-refractivity contribution in [2.45, 2.75) is 82.1 Å². The summed E-state index contributed by atoms with van der Waals surface area (Å²) in [5, 5.41) is 24.3. The predicted octanol–water partition coefficient (Wildman–Crippen LogP) is 6.22. The first-order chi connectivity index (χ1) is 26.4. The third-order valence-corrected chi connectivity index (χ3v) is 11.9. The largest absolute Gasteiger partial charge is 0.492 e. The van der Waals surface area contributed by atoms with E-state index < -0.39 is 11.8 Å². The highest BCUT2D eigenvalue weighted by atomic mass is 19.1. The lowest BCUT2D eigenvalue weighted by Gasteiger charge is -2.60. The van der Waals surface area contributed by atoms with Gasteiger partial charge < -0.3 is 34.2 Å². The Balaban J connectivity index is 1.40. The Morgan fingerprint density at radius 2 is 1.85 bits per heavy atom. The summed E-state index contributed by atoms with van der Waals surface area (Å²) < 4.78 is 34.8. The summed E-state index contributed by atoms with van der Waals surface area (Å²) in [5.74, 6) is -0.522. The van der Waals surface area contributed by atoms with E-state index in [-0.39, 0.29) is 67.7 Å². The molecule has 6 unspecified atom stereocenters. The van der Waals surface area contributed by atoms with Gasteiger partial charge in [-0.2, -0.15) is 0 Å². The third-order valence-electron chi connectivity index (χ3n) is 11.9. The maximum atomic E-state index is 14.5. The number of halogens is 1. The lowest BCUT2D eigenvalue weighted by atomic mass is 9.55. The van der Waals surface area contributed by atoms with Crippen LogP contribution in [0, 0.1) is 29.5 Å². The average molecular weight is 746 g/mol. The molecule has 0 spiro atoms. The summed E-state index contributed by atoms with van der Waals surface area (Å²) in [6, 6.07) is 11.8. The van der Waals surface area contributed by atoms with E-state index in [9.17, 15) is 19.4 Å². The van der Waals surface area contributed by atoms with Gasteiger partial charge in [0.05, 0.1) is 18.2 Å². The fraction of sp³-hybridized carbons (Fsp3) is 0.581. The molecule has 1 amide bonds. The monoisotopic (exact) mass is 745 g/mol. The molecule has 1 saturated heterocycles. The first-order valence-electron chi connectivity index (χ1n) is 19.9. The van der Waals surface area contributed by atoms with Crippen molar-refractivity contribution >= 4 is 11.6 Å². The van der Waals surface area contributed by atoms with Gasteiger partial charge in [0.15, 0.2) is 0 Å². The number of fused-ring (bicyclic) bond motifs is 2. The molecule has 10 nitrogen and oxygen atoms in total. The minimum Gasteiger partial charge on any atom is -0.492 e. The van der Waals surface area contributed by atoms with Gasteiger partial charge in [-0.3, -0.25) is 9.69 Å². The van der Waals surface area contributed by atoms with Crippen molar-refractivity contribution in [2.24, 2.45) is 28.8 Å². The zero-order chi connectivity index (χ0) is 37.7. The number of unbranched alkanes of at least 4 members (excludes halogenated alkanes) is 2. The summed E-state index contributed by atoms with van der Waals surface area (Å²) >= 11 is 0. The molecule has 0 aromatic heterocycles. The van der Waals surface area contributed by atoms with Gasteiger partial charge in [0, 0.05) is 63.2 Å². The van der Waals surface area contributed by atoms with Gasteiger partial charge in [-0.15, -0.1) is 6.58 Å². The van der Waals surface area contributed by atoms with E-state index in [1.165, 1.54) is 12.1 Å². The van der Waals surface area contributed by atoms with E-state index in [4.69, 9.17) is 19.0 Å². The minimum absolute atomic E-state index is 0.0216. The number of nitrogens with zero attached hydrogens (tertiary/aromatic N) is 3. The fourth-order valence-electron chi connectivity index (χ4n) is 9.13. The van der Waals surface area contributed by atoms with Crippen molar-refractivity contribution in [1.29, 1.82) is 0 Å². The zero-order valence-electron chi connectivity index (χ0n) is 31.5. The van der Waals surface area contributed by atoms with Crippen LogP contribution in [0.3, 0.4) is 0 Å². The van der Waals surface area contributed by atoms with Gasteiger partial charge in [0.1, 0.15) is 37.1 Å². The number of aliphatic hydroxyl groups is 2.